The number of nitrogens with one attached hydrogen (secondary N) is 1. The van der Waals surface area contributed by atoms with Gasteiger partial charge in [-0.25, -0.2) is 0 Å². The van der Waals surface area contributed by atoms with Crippen LogP contribution in [0.15, 0.2) is 79.0 Å². The predicted molar refractivity (Wildman–Crippen MR) is 97.4 cm³/mol. The van der Waals surface area contributed by atoms with Gasteiger partial charge in [-0.15, -0.1) is 0 Å². The molecule has 0 aliphatic heterocycles. The molecular weight excluding hydrogens is 312 g/mol. The van der Waals surface area contributed by atoms with Crippen LogP contribution in [0.3, 0.4) is 0 Å². The lowest BCUT2D eigenvalue weighted by Gasteiger charge is -2.17. The molecule has 1 unspecified atom stereocenters. The first-order valence-corrected chi connectivity index (χ1v) is 8.14. The van der Waals surface area contributed by atoms with E-state index in [2.05, 4.69) is 10.3 Å². The van der Waals surface area contributed by atoms with Gasteiger partial charge in [-0.05, 0) is 35.4 Å². The van der Waals surface area contributed by atoms with E-state index in [-0.39, 0.29) is 5.91 Å². The van der Waals surface area contributed by atoms with Crippen molar-refractivity contribution in [2.75, 3.05) is 7.11 Å². The van der Waals surface area contributed by atoms with Gasteiger partial charge in [0, 0.05) is 12.7 Å². The van der Waals surface area contributed by atoms with Crippen LogP contribution in [-0.4, -0.2) is 18.0 Å². The van der Waals surface area contributed by atoms with E-state index >= 15 is 0 Å². The summed E-state index contributed by atoms with van der Waals surface area (Å²) < 4.78 is 5.15. The molecule has 3 aromatic rings. The van der Waals surface area contributed by atoms with Crippen molar-refractivity contribution >= 4 is 5.91 Å². The molecule has 2 aromatic carbocycles. The van der Waals surface area contributed by atoms with Gasteiger partial charge >= 0.3 is 0 Å². The molecule has 0 aliphatic rings. The van der Waals surface area contributed by atoms with Crippen LogP contribution in [0.5, 0.6) is 5.75 Å². The maximum absolute atomic E-state index is 12.9. The molecule has 4 heteroatoms. The van der Waals surface area contributed by atoms with Crippen LogP contribution in [0.4, 0.5) is 0 Å². The van der Waals surface area contributed by atoms with Crippen LogP contribution in [0, 0.1) is 0 Å². The number of amides is 1. The second-order valence-corrected chi connectivity index (χ2v) is 5.66. The highest BCUT2D eigenvalue weighted by Gasteiger charge is 2.23. The smallest absolute Gasteiger partial charge is 0.233 e. The van der Waals surface area contributed by atoms with Crippen molar-refractivity contribution in [1.82, 2.24) is 10.3 Å². The second kappa shape index (κ2) is 8.11. The maximum Gasteiger partial charge on any atom is 0.233 e. The first-order chi connectivity index (χ1) is 12.3. The number of hydrogen-bond acceptors (Lipinski definition) is 3. The molecule has 126 valence electrons. The van der Waals surface area contributed by atoms with Crippen molar-refractivity contribution < 1.29 is 9.53 Å². The van der Waals surface area contributed by atoms with Crippen LogP contribution < -0.4 is 10.1 Å². The standard InChI is InChI=1S/C21H20N2O2/c1-25-18-12-10-16(11-13-18)15-23-21(24)20(17-7-3-2-4-8-17)19-9-5-6-14-22-19/h2-14,20H,15H2,1H3,(H,23,24). The molecule has 0 spiro atoms. The normalized spacial score (nSPS) is 11.6. The number of hydrogen-bond donors (Lipinski definition) is 1. The van der Waals surface area contributed by atoms with Gasteiger partial charge in [0.15, 0.2) is 0 Å². The third-order valence-corrected chi connectivity index (χ3v) is 4.00. The monoisotopic (exact) mass is 332 g/mol. The van der Waals surface area contributed by atoms with Gasteiger partial charge in [-0.2, -0.15) is 0 Å². The topological polar surface area (TPSA) is 51.2 Å². The lowest BCUT2D eigenvalue weighted by atomic mass is 9.94. The van der Waals surface area contributed by atoms with Gasteiger partial charge in [0.25, 0.3) is 0 Å². The summed E-state index contributed by atoms with van der Waals surface area (Å²) in [5.41, 5.74) is 2.68. The Kier molecular flexibility index (Phi) is 5.42. The fourth-order valence-electron chi connectivity index (χ4n) is 2.68. The van der Waals surface area contributed by atoms with Crippen molar-refractivity contribution in [1.29, 1.82) is 0 Å². The van der Waals surface area contributed by atoms with Crippen molar-refractivity contribution in [2.24, 2.45) is 0 Å². The Morgan fingerprint density at radius 3 is 2.36 bits per heavy atom. The van der Waals surface area contributed by atoms with E-state index < -0.39 is 5.92 Å². The zero-order valence-electron chi connectivity index (χ0n) is 14.1. The fourth-order valence-corrected chi connectivity index (χ4v) is 2.68. The summed E-state index contributed by atoms with van der Waals surface area (Å²) in [5, 5.41) is 3.01. The summed E-state index contributed by atoms with van der Waals surface area (Å²) >= 11 is 0. The molecule has 1 aromatic heterocycles. The van der Waals surface area contributed by atoms with E-state index in [1.54, 1.807) is 13.3 Å². The molecule has 1 amide bonds. The molecule has 0 saturated heterocycles. The molecule has 0 radical (unpaired) electrons. The van der Waals surface area contributed by atoms with Gasteiger partial charge in [-0.3, -0.25) is 9.78 Å². The van der Waals surface area contributed by atoms with Crippen molar-refractivity contribution in [3.8, 4) is 5.75 Å². The number of benzene rings is 2. The minimum atomic E-state index is -0.430. The van der Waals surface area contributed by atoms with Gasteiger partial charge in [0.1, 0.15) is 11.7 Å². The minimum absolute atomic E-state index is 0.0688. The molecule has 0 aliphatic carbocycles. The summed E-state index contributed by atoms with van der Waals surface area (Å²) in [4.78, 5) is 17.2. The van der Waals surface area contributed by atoms with Gasteiger partial charge < -0.3 is 10.1 Å². The summed E-state index contributed by atoms with van der Waals surface area (Å²) in [6.45, 7) is 0.457. The van der Waals surface area contributed by atoms with Gasteiger partial charge in [-0.1, -0.05) is 48.5 Å². The average molecular weight is 332 g/mol. The fraction of sp³-hybridized carbons (Fsp3) is 0.143. The van der Waals surface area contributed by atoms with Crippen LogP contribution >= 0.6 is 0 Å². The maximum atomic E-state index is 12.9. The zero-order valence-corrected chi connectivity index (χ0v) is 14.1. The average Bonchev–Trinajstić information content (AvgIpc) is 2.69. The predicted octanol–water partition coefficient (Wildman–Crippen LogP) is 3.54. The minimum Gasteiger partial charge on any atom is -0.497 e. The molecule has 25 heavy (non-hydrogen) atoms. The Labute approximate surface area is 147 Å². The lowest BCUT2D eigenvalue weighted by molar-refractivity contribution is -0.121. The van der Waals surface area contributed by atoms with Crippen LogP contribution in [0.1, 0.15) is 22.7 Å². The van der Waals surface area contributed by atoms with Gasteiger partial charge in [0.05, 0.1) is 12.8 Å². The summed E-state index contributed by atoms with van der Waals surface area (Å²) in [6.07, 6.45) is 1.71. The molecular formula is C21H20N2O2. The summed E-state index contributed by atoms with van der Waals surface area (Å²) in [5.74, 6) is 0.298. The molecule has 1 heterocycles. The number of aromatic nitrogens is 1. The highest BCUT2D eigenvalue weighted by Crippen LogP contribution is 2.23. The van der Waals surface area contributed by atoms with E-state index in [0.717, 1.165) is 22.6 Å². The quantitative estimate of drug-likeness (QED) is 0.751. The van der Waals surface area contributed by atoms with Gasteiger partial charge in [0.2, 0.25) is 5.91 Å². The van der Waals surface area contributed by atoms with E-state index in [1.165, 1.54) is 0 Å². The Bertz CT molecular complexity index is 763. The Balaban J connectivity index is 1.77. The third-order valence-electron chi connectivity index (χ3n) is 4.00. The van der Waals surface area contributed by atoms with E-state index in [9.17, 15) is 4.79 Å². The molecule has 1 N–H and O–H groups in total. The van der Waals surface area contributed by atoms with E-state index in [0.29, 0.717) is 6.54 Å². The first-order valence-electron chi connectivity index (χ1n) is 8.14. The molecule has 4 nitrogen and oxygen atoms in total. The zero-order chi connectivity index (χ0) is 17.5. The van der Waals surface area contributed by atoms with Crippen molar-refractivity contribution in [2.45, 2.75) is 12.5 Å². The van der Waals surface area contributed by atoms with Crippen LogP contribution in [0.25, 0.3) is 0 Å². The molecule has 3 rings (SSSR count). The first kappa shape index (κ1) is 16.7. The van der Waals surface area contributed by atoms with E-state index in [1.807, 2.05) is 72.8 Å². The molecule has 1 atom stereocenters. The number of nitrogens with zero attached hydrogens (tertiary/aromatic N) is 1. The van der Waals surface area contributed by atoms with Crippen molar-refractivity contribution in [3.63, 3.8) is 0 Å². The number of methoxy groups -OCH3 is 1. The number of carbonyl (C=O) groups excluding carboxylic acids is 1. The highest BCUT2D eigenvalue weighted by atomic mass is 16.5. The molecule has 0 fully saturated rings. The second-order valence-electron chi connectivity index (χ2n) is 5.66. The number of rotatable bonds is 6. The Hall–Kier alpha value is -3.14. The SMILES string of the molecule is COc1ccc(CNC(=O)C(c2ccccc2)c2ccccn2)cc1. The molecule has 0 saturated carbocycles. The van der Waals surface area contributed by atoms with Crippen LogP contribution in [0.2, 0.25) is 0 Å². The highest BCUT2D eigenvalue weighted by molar-refractivity contribution is 5.86. The number of carbonyl (C=O) groups is 1. The molecule has 0 bridgehead atoms. The third kappa shape index (κ3) is 4.23. The van der Waals surface area contributed by atoms with Crippen molar-refractivity contribution in [3.05, 3.63) is 95.8 Å². The summed E-state index contributed by atoms with van der Waals surface area (Å²) in [7, 11) is 1.63. The summed E-state index contributed by atoms with van der Waals surface area (Å²) in [6, 6.07) is 23.0. The lowest BCUT2D eigenvalue weighted by Crippen LogP contribution is -2.30. The largest absolute Gasteiger partial charge is 0.497 e. The Morgan fingerprint density at radius 1 is 1.00 bits per heavy atom. The van der Waals surface area contributed by atoms with E-state index in [4.69, 9.17) is 4.74 Å². The number of ether oxygens (including phenoxy) is 1. The Morgan fingerprint density at radius 2 is 1.72 bits per heavy atom. The number of pyridine rings is 1. The van der Waals surface area contributed by atoms with Crippen LogP contribution in [-0.2, 0) is 11.3 Å².